The van der Waals surface area contributed by atoms with Crippen molar-refractivity contribution in [3.8, 4) is 0 Å². The largest absolute Gasteiger partial charge is 0.367 e. The summed E-state index contributed by atoms with van der Waals surface area (Å²) >= 11 is 7.35. The van der Waals surface area contributed by atoms with E-state index in [1.54, 1.807) is 11.8 Å². The molecule has 0 radical (unpaired) electrons. The van der Waals surface area contributed by atoms with Crippen molar-refractivity contribution < 1.29 is 4.39 Å². The zero-order valence-corrected chi connectivity index (χ0v) is 10.0. The standard InChI is InChI=1S/C9H13ClFN3S/c1-15-5-3-2-4-12-8-7(11)6-13-9(10)14-8/h6H,2-5H2,1H3,(H,12,13,14). The van der Waals surface area contributed by atoms with Gasteiger partial charge in [0, 0.05) is 6.54 Å². The van der Waals surface area contributed by atoms with E-state index in [9.17, 15) is 4.39 Å². The molecule has 1 aromatic rings. The first-order valence-corrected chi connectivity index (χ1v) is 6.42. The second-order valence-electron chi connectivity index (χ2n) is 2.96. The average Bonchev–Trinajstić information content (AvgIpc) is 2.23. The number of unbranched alkanes of at least 4 members (excludes halogenated alkanes) is 1. The fourth-order valence-electron chi connectivity index (χ4n) is 1.05. The normalized spacial score (nSPS) is 10.3. The molecule has 0 fully saturated rings. The van der Waals surface area contributed by atoms with Crippen LogP contribution in [0.2, 0.25) is 5.28 Å². The number of anilines is 1. The van der Waals surface area contributed by atoms with Gasteiger partial charge >= 0.3 is 0 Å². The maximum absolute atomic E-state index is 13.1. The van der Waals surface area contributed by atoms with E-state index in [2.05, 4.69) is 21.5 Å². The third-order valence-corrected chi connectivity index (χ3v) is 2.66. The molecule has 0 aromatic carbocycles. The molecular formula is C9H13ClFN3S. The predicted molar refractivity (Wildman–Crippen MR) is 63.1 cm³/mol. The van der Waals surface area contributed by atoms with Crippen LogP contribution in [0.5, 0.6) is 0 Å². The van der Waals surface area contributed by atoms with E-state index >= 15 is 0 Å². The van der Waals surface area contributed by atoms with Crippen LogP contribution in [0.1, 0.15) is 12.8 Å². The van der Waals surface area contributed by atoms with Crippen molar-refractivity contribution in [3.05, 3.63) is 17.3 Å². The van der Waals surface area contributed by atoms with Crippen LogP contribution < -0.4 is 5.32 Å². The second-order valence-corrected chi connectivity index (χ2v) is 4.29. The van der Waals surface area contributed by atoms with Crippen molar-refractivity contribution in [1.82, 2.24) is 9.97 Å². The Hall–Kier alpha value is -0.550. The van der Waals surface area contributed by atoms with E-state index in [-0.39, 0.29) is 11.1 Å². The van der Waals surface area contributed by atoms with Crippen LogP contribution in [-0.2, 0) is 0 Å². The number of rotatable bonds is 6. The number of nitrogens with one attached hydrogen (secondary N) is 1. The van der Waals surface area contributed by atoms with Crippen LogP contribution in [-0.4, -0.2) is 28.5 Å². The van der Waals surface area contributed by atoms with Crippen molar-refractivity contribution >= 4 is 29.2 Å². The van der Waals surface area contributed by atoms with Gasteiger partial charge in [0.15, 0.2) is 11.6 Å². The summed E-state index contributed by atoms with van der Waals surface area (Å²) in [5, 5.41) is 2.95. The minimum Gasteiger partial charge on any atom is -0.367 e. The lowest BCUT2D eigenvalue weighted by molar-refractivity contribution is 0.616. The molecule has 3 nitrogen and oxygen atoms in total. The molecule has 0 amide bonds. The van der Waals surface area contributed by atoms with Crippen molar-refractivity contribution in [2.24, 2.45) is 0 Å². The predicted octanol–water partition coefficient (Wildman–Crippen LogP) is 2.82. The van der Waals surface area contributed by atoms with E-state index in [1.807, 2.05) is 0 Å². The highest BCUT2D eigenvalue weighted by Crippen LogP contribution is 2.12. The zero-order valence-electron chi connectivity index (χ0n) is 8.46. The summed E-state index contributed by atoms with van der Waals surface area (Å²) < 4.78 is 13.1. The zero-order chi connectivity index (χ0) is 11.1. The Bertz CT molecular complexity index is 311. The maximum Gasteiger partial charge on any atom is 0.224 e. The molecule has 0 spiro atoms. The Labute approximate surface area is 97.8 Å². The lowest BCUT2D eigenvalue weighted by atomic mass is 10.3. The highest BCUT2D eigenvalue weighted by Gasteiger charge is 2.04. The molecule has 0 atom stereocenters. The van der Waals surface area contributed by atoms with Crippen molar-refractivity contribution in [2.45, 2.75) is 12.8 Å². The molecule has 1 N–H and O–H groups in total. The molecule has 1 rings (SSSR count). The summed E-state index contributed by atoms with van der Waals surface area (Å²) in [4.78, 5) is 7.29. The summed E-state index contributed by atoms with van der Waals surface area (Å²) in [6, 6.07) is 0. The van der Waals surface area contributed by atoms with Gasteiger partial charge in [-0.2, -0.15) is 16.7 Å². The molecule has 0 saturated carbocycles. The summed E-state index contributed by atoms with van der Waals surface area (Å²) in [6.07, 6.45) is 5.23. The minimum atomic E-state index is -0.468. The molecular weight excluding hydrogens is 237 g/mol. The fraction of sp³-hybridized carbons (Fsp3) is 0.556. The molecule has 0 unspecified atom stereocenters. The van der Waals surface area contributed by atoms with Gasteiger partial charge in [0.1, 0.15) is 0 Å². The van der Waals surface area contributed by atoms with E-state index in [4.69, 9.17) is 11.6 Å². The van der Waals surface area contributed by atoms with Gasteiger partial charge in [-0.15, -0.1) is 0 Å². The van der Waals surface area contributed by atoms with Crippen LogP contribution >= 0.6 is 23.4 Å². The molecule has 1 heterocycles. The molecule has 0 saturated heterocycles. The van der Waals surface area contributed by atoms with Crippen LogP contribution in [0.4, 0.5) is 10.2 Å². The number of nitrogens with zero attached hydrogens (tertiary/aromatic N) is 2. The van der Waals surface area contributed by atoms with Crippen molar-refractivity contribution in [1.29, 1.82) is 0 Å². The molecule has 84 valence electrons. The van der Waals surface area contributed by atoms with Crippen LogP contribution in [0.3, 0.4) is 0 Å². The number of halogens is 2. The summed E-state index contributed by atoms with van der Waals surface area (Å²) in [5.74, 6) is 0.831. The van der Waals surface area contributed by atoms with Gasteiger partial charge in [0.2, 0.25) is 5.28 Å². The second kappa shape index (κ2) is 6.85. The quantitative estimate of drug-likeness (QED) is 0.622. The molecule has 6 heteroatoms. The topological polar surface area (TPSA) is 37.8 Å². The third kappa shape index (κ3) is 4.66. The molecule has 0 aliphatic heterocycles. The molecule has 0 aliphatic rings. The summed E-state index contributed by atoms with van der Waals surface area (Å²) in [7, 11) is 0. The number of aromatic nitrogens is 2. The maximum atomic E-state index is 13.1. The monoisotopic (exact) mass is 249 g/mol. The average molecular weight is 250 g/mol. The van der Waals surface area contributed by atoms with Gasteiger partial charge < -0.3 is 5.32 Å². The molecule has 15 heavy (non-hydrogen) atoms. The van der Waals surface area contributed by atoms with Crippen LogP contribution in [0.15, 0.2) is 6.20 Å². The third-order valence-electron chi connectivity index (χ3n) is 1.78. The van der Waals surface area contributed by atoms with Gasteiger partial charge in [0.25, 0.3) is 0 Å². The van der Waals surface area contributed by atoms with Gasteiger partial charge in [-0.1, -0.05) is 0 Å². The highest BCUT2D eigenvalue weighted by molar-refractivity contribution is 7.98. The Kier molecular flexibility index (Phi) is 5.71. The van der Waals surface area contributed by atoms with Crippen LogP contribution in [0.25, 0.3) is 0 Å². The van der Waals surface area contributed by atoms with Gasteiger partial charge in [0.05, 0.1) is 6.20 Å². The summed E-state index contributed by atoms with van der Waals surface area (Å²) in [5.41, 5.74) is 0. The Morgan fingerprint density at radius 1 is 1.53 bits per heavy atom. The lowest BCUT2D eigenvalue weighted by Crippen LogP contribution is -2.06. The van der Waals surface area contributed by atoms with E-state index in [1.165, 1.54) is 0 Å². The van der Waals surface area contributed by atoms with E-state index in [0.717, 1.165) is 24.8 Å². The summed E-state index contributed by atoms with van der Waals surface area (Å²) in [6.45, 7) is 0.699. The molecule has 1 aromatic heterocycles. The first-order chi connectivity index (χ1) is 7.24. The number of hydrogen-bond donors (Lipinski definition) is 1. The SMILES string of the molecule is CSCCCCNc1nc(Cl)ncc1F. The van der Waals surface area contributed by atoms with Gasteiger partial charge in [-0.3, -0.25) is 0 Å². The van der Waals surface area contributed by atoms with E-state index < -0.39 is 5.82 Å². The number of hydrogen-bond acceptors (Lipinski definition) is 4. The molecule has 0 aliphatic carbocycles. The first kappa shape index (κ1) is 12.5. The van der Waals surface area contributed by atoms with Gasteiger partial charge in [-0.25, -0.2) is 9.37 Å². The highest BCUT2D eigenvalue weighted by atomic mass is 35.5. The van der Waals surface area contributed by atoms with Crippen LogP contribution in [0, 0.1) is 5.82 Å². The van der Waals surface area contributed by atoms with Crippen molar-refractivity contribution in [2.75, 3.05) is 23.9 Å². The lowest BCUT2D eigenvalue weighted by Gasteiger charge is -2.05. The minimum absolute atomic E-state index is 0.0583. The first-order valence-electron chi connectivity index (χ1n) is 4.65. The van der Waals surface area contributed by atoms with E-state index in [0.29, 0.717) is 6.54 Å². The smallest absolute Gasteiger partial charge is 0.224 e. The van der Waals surface area contributed by atoms with Crippen molar-refractivity contribution in [3.63, 3.8) is 0 Å². The Morgan fingerprint density at radius 2 is 2.33 bits per heavy atom. The molecule has 0 bridgehead atoms. The Balaban J connectivity index is 2.33. The number of thioether (sulfide) groups is 1. The fourth-order valence-corrected chi connectivity index (χ4v) is 1.67. The van der Waals surface area contributed by atoms with Gasteiger partial charge in [-0.05, 0) is 36.5 Å². The Morgan fingerprint density at radius 3 is 3.07 bits per heavy atom.